The lowest BCUT2D eigenvalue weighted by Crippen LogP contribution is -2.31. The summed E-state index contributed by atoms with van der Waals surface area (Å²) >= 11 is 8.06. The quantitative estimate of drug-likeness (QED) is 0.157. The van der Waals surface area contributed by atoms with Crippen molar-refractivity contribution < 1.29 is 0 Å². The van der Waals surface area contributed by atoms with Gasteiger partial charge in [0.05, 0.1) is 32.5 Å². The molecule has 330 valence electrons. The van der Waals surface area contributed by atoms with Crippen molar-refractivity contribution in [1.29, 1.82) is 21.0 Å². The topological polar surface area (TPSA) is 191 Å². The van der Waals surface area contributed by atoms with Gasteiger partial charge in [-0.1, -0.05) is 52.0 Å². The first kappa shape index (κ1) is 43.6. The van der Waals surface area contributed by atoms with Crippen LogP contribution in [0.15, 0.2) is 58.1 Å². The highest BCUT2D eigenvalue weighted by molar-refractivity contribution is 7.20. The molecule has 0 radical (unpaired) electrons. The summed E-state index contributed by atoms with van der Waals surface area (Å²) in [6.45, 7) is 13.5. The van der Waals surface area contributed by atoms with Crippen molar-refractivity contribution in [3.05, 3.63) is 121 Å². The van der Waals surface area contributed by atoms with E-state index >= 15 is 0 Å². The van der Waals surface area contributed by atoms with Crippen LogP contribution in [0.5, 0.6) is 0 Å². The first-order chi connectivity index (χ1) is 32.8. The van der Waals surface area contributed by atoms with E-state index in [-0.39, 0.29) is 33.1 Å². The molecular weight excluding hydrogens is 965 g/mol. The van der Waals surface area contributed by atoms with E-state index in [0.29, 0.717) is 42.5 Å². The second-order valence-corrected chi connectivity index (χ2v) is 22.6. The number of nitriles is 4. The molecule has 3 aromatic carbocycles. The molecular formula is C50H32N10O2S6. The molecule has 0 unspecified atom stereocenters. The molecule has 0 bridgehead atoms. The number of hydrogen-bond donors (Lipinski definition) is 0. The van der Waals surface area contributed by atoms with Gasteiger partial charge in [0.1, 0.15) is 55.7 Å². The summed E-state index contributed by atoms with van der Waals surface area (Å²) in [4.78, 5) is 31.4. The van der Waals surface area contributed by atoms with Gasteiger partial charge in [-0.15, -0.1) is 45.3 Å². The second-order valence-electron chi connectivity index (χ2n) is 17.4. The molecule has 0 saturated carbocycles. The standard InChI is InChI=1S/C50H32N10O2S6/c1-7-59-45(61)37(65-47(59)25(19-51)20-52)13-23-9-11-27(41-39(23)55-67-57-41)35-17-33-43(63-35)29-15-32-30(16-31(29)49(33,3)4)44-34(50(32,5)6)18-36(64-44)28-12-10-24(40-42(28)58-68-56-40)14-38-46(62)60(8-2)48(66-38)26(21-53)22-54/h9-18H,7-8H2,1-6H3/b37-13-,38-14-. The number of rotatable bonds is 6. The van der Waals surface area contributed by atoms with Crippen molar-refractivity contribution in [2.75, 3.05) is 0 Å². The minimum atomic E-state index is -0.287. The van der Waals surface area contributed by atoms with Gasteiger partial charge in [-0.05, 0) is 83.6 Å². The maximum Gasteiger partial charge on any atom is 0.269 e. The second kappa shape index (κ2) is 15.8. The van der Waals surface area contributed by atoms with Crippen LogP contribution >= 0.6 is 68.8 Å². The Labute approximate surface area is 411 Å². The monoisotopic (exact) mass is 996 g/mol. The summed E-state index contributed by atoms with van der Waals surface area (Å²) in [7, 11) is 0. The number of fused-ring (bicyclic) bond motifs is 8. The number of nitrogens with zero attached hydrogens (tertiary/aromatic N) is 10. The van der Waals surface area contributed by atoms with Crippen molar-refractivity contribution in [3.63, 3.8) is 0 Å². The zero-order valence-electron chi connectivity index (χ0n) is 36.9. The molecule has 12 nitrogen and oxygen atoms in total. The van der Waals surface area contributed by atoms with Crippen LogP contribution in [0.3, 0.4) is 0 Å². The molecule has 0 saturated heterocycles. The Morgan fingerprint density at radius 3 is 1.29 bits per heavy atom. The molecule has 0 N–H and O–H groups in total. The first-order valence-corrected chi connectivity index (χ1v) is 26.0. The summed E-state index contributed by atoms with van der Waals surface area (Å²) in [6.07, 6.45) is 3.57. The van der Waals surface area contributed by atoms with Crippen molar-refractivity contribution in [2.45, 2.75) is 65.5 Å². The van der Waals surface area contributed by atoms with E-state index in [2.05, 4.69) is 60.7 Å². The number of benzene rings is 3. The number of hydrogen-bond acceptors (Lipinski definition) is 16. The van der Waals surface area contributed by atoms with Gasteiger partial charge >= 0.3 is 0 Å². The third-order valence-corrected chi connectivity index (χ3v) is 18.8. The Morgan fingerprint density at radius 2 is 0.926 bits per heavy atom. The fraction of sp³-hybridized carbons (Fsp3) is 0.200. The molecule has 0 aliphatic heterocycles. The molecule has 9 aromatic rings. The molecule has 6 aromatic heterocycles. The number of aromatic nitrogens is 6. The van der Waals surface area contributed by atoms with E-state index in [4.69, 9.17) is 8.75 Å². The highest BCUT2D eigenvalue weighted by Crippen LogP contribution is 2.60. The average molecular weight is 997 g/mol. The van der Waals surface area contributed by atoms with Crippen LogP contribution in [0.25, 0.3) is 87.1 Å². The Kier molecular flexibility index (Phi) is 10.1. The predicted molar refractivity (Wildman–Crippen MR) is 274 cm³/mol. The van der Waals surface area contributed by atoms with Gasteiger partial charge in [-0.25, -0.2) is 0 Å². The molecule has 0 fully saturated rings. The maximum atomic E-state index is 13.4. The van der Waals surface area contributed by atoms with E-state index in [0.717, 1.165) is 89.2 Å². The number of thiophene rings is 2. The third kappa shape index (κ3) is 6.19. The van der Waals surface area contributed by atoms with Crippen molar-refractivity contribution >= 4 is 114 Å². The zero-order chi connectivity index (χ0) is 47.6. The van der Waals surface area contributed by atoms with Crippen molar-refractivity contribution in [3.8, 4) is 66.0 Å². The van der Waals surface area contributed by atoms with E-state index < -0.39 is 0 Å². The third-order valence-electron chi connectivity index (χ3n) is 13.1. The lowest BCUT2D eigenvalue weighted by atomic mass is 9.79. The average Bonchev–Trinajstić information content (AvgIpc) is 4.21. The van der Waals surface area contributed by atoms with Gasteiger partial charge in [0.25, 0.3) is 11.1 Å². The van der Waals surface area contributed by atoms with Gasteiger partial charge in [0.15, 0.2) is 11.1 Å². The molecule has 0 spiro atoms. The van der Waals surface area contributed by atoms with Gasteiger partial charge < -0.3 is 0 Å². The minimum absolute atomic E-state index is 0.0874. The molecule has 11 rings (SSSR count). The molecule has 18 heteroatoms. The fourth-order valence-corrected chi connectivity index (χ4v) is 15.7. The van der Waals surface area contributed by atoms with E-state index in [1.807, 2.05) is 62.4 Å². The first-order valence-electron chi connectivity index (χ1n) is 21.3. The Balaban J connectivity index is 0.964. The summed E-state index contributed by atoms with van der Waals surface area (Å²) in [5, 5.41) is 38.1. The molecule has 6 heterocycles. The van der Waals surface area contributed by atoms with E-state index in [1.54, 1.807) is 34.8 Å². The minimum Gasteiger partial charge on any atom is -0.298 e. The van der Waals surface area contributed by atoms with Crippen LogP contribution in [0, 0.1) is 45.3 Å². The van der Waals surface area contributed by atoms with Crippen molar-refractivity contribution in [2.24, 2.45) is 0 Å². The van der Waals surface area contributed by atoms with Crippen LogP contribution in [-0.4, -0.2) is 26.6 Å². The summed E-state index contributed by atoms with van der Waals surface area (Å²) in [6, 6.07) is 25.1. The highest BCUT2D eigenvalue weighted by Gasteiger charge is 2.44. The zero-order valence-corrected chi connectivity index (χ0v) is 41.8. The van der Waals surface area contributed by atoms with Crippen molar-refractivity contribution in [1.82, 2.24) is 26.6 Å². The molecule has 68 heavy (non-hydrogen) atoms. The normalized spacial score (nSPS) is 14.3. The molecule has 2 aliphatic rings. The van der Waals surface area contributed by atoms with Crippen LogP contribution in [0.2, 0.25) is 0 Å². The van der Waals surface area contributed by atoms with Gasteiger partial charge in [-0.3, -0.25) is 18.7 Å². The largest absolute Gasteiger partial charge is 0.298 e. The highest BCUT2D eigenvalue weighted by atomic mass is 32.1. The van der Waals surface area contributed by atoms with E-state index in [1.165, 1.54) is 52.3 Å². The van der Waals surface area contributed by atoms with Gasteiger partial charge in [0, 0.05) is 65.7 Å². The maximum absolute atomic E-state index is 13.4. The van der Waals surface area contributed by atoms with Crippen LogP contribution < -0.4 is 29.5 Å². The summed E-state index contributed by atoms with van der Waals surface area (Å²) in [5.41, 5.74) is 12.7. The molecule has 2 aliphatic carbocycles. The van der Waals surface area contributed by atoms with Gasteiger partial charge in [-0.2, -0.15) is 38.5 Å². The predicted octanol–water partition coefficient (Wildman–Crippen LogP) is 8.31. The lowest BCUT2D eigenvalue weighted by molar-refractivity contribution is 0.653. The van der Waals surface area contributed by atoms with Gasteiger partial charge in [0.2, 0.25) is 0 Å². The van der Waals surface area contributed by atoms with Crippen LogP contribution in [0.1, 0.15) is 74.9 Å². The summed E-state index contributed by atoms with van der Waals surface area (Å²) in [5.74, 6) is 0. The van der Waals surface area contributed by atoms with Crippen LogP contribution in [-0.2, 0) is 23.9 Å². The Bertz CT molecular complexity index is 4000. The van der Waals surface area contributed by atoms with Crippen LogP contribution in [0.4, 0.5) is 0 Å². The van der Waals surface area contributed by atoms with E-state index in [9.17, 15) is 30.6 Å². The Morgan fingerprint density at radius 1 is 0.544 bits per heavy atom. The Hall–Kier alpha value is -7.00. The SMILES string of the molecule is CCn1c(=C(C#N)C#N)s/c(=C\c2ccc(-c3cc4c(s3)-c3cc5c(cc3C4(C)C)-c3sc(-c4ccc(/C=c6\sc(=C(C#N)C#N)n(CC)c6=O)c6nsnc46)cc3C5(C)C)c3nsnc23)c1=O. The molecule has 0 atom stereocenters. The molecule has 0 amide bonds. The smallest absolute Gasteiger partial charge is 0.269 e. The fourth-order valence-electron chi connectivity index (χ4n) is 9.59. The summed E-state index contributed by atoms with van der Waals surface area (Å²) < 4.78 is 23.3. The number of thiazole rings is 2. The lowest BCUT2D eigenvalue weighted by Gasteiger charge is -2.24.